The van der Waals surface area contributed by atoms with E-state index >= 15 is 0 Å². The maximum Gasteiger partial charge on any atom is 0.300 e. The van der Waals surface area contributed by atoms with Crippen LogP contribution in [0.3, 0.4) is 0 Å². The number of aliphatic carboxylic acids is 1. The lowest BCUT2D eigenvalue weighted by atomic mass is 9.91. The maximum absolute atomic E-state index is 9.00. The summed E-state index contributed by atoms with van der Waals surface area (Å²) in [5.41, 5.74) is 4.64. The number of H-pyrrole nitrogens is 1. The Morgan fingerprint density at radius 2 is 2.24 bits per heavy atom. The molecule has 1 aromatic heterocycles. The van der Waals surface area contributed by atoms with E-state index in [1.807, 2.05) is 25.2 Å². The number of aryl methyl sites for hydroxylation is 1. The molecule has 0 unspecified atom stereocenters. The number of hydrogen-bond donors (Lipinski definition) is 3. The minimum Gasteiger partial charge on any atom is -0.481 e. The van der Waals surface area contributed by atoms with Crippen molar-refractivity contribution in [1.82, 2.24) is 10.3 Å². The number of nitrogens with one attached hydrogen (secondary N) is 2. The number of hydrogen-bond acceptors (Lipinski definition) is 3. The van der Waals surface area contributed by atoms with Gasteiger partial charge in [0.25, 0.3) is 5.97 Å². The number of aromatic nitrogens is 1. The van der Waals surface area contributed by atoms with E-state index in [4.69, 9.17) is 15.2 Å². The molecule has 0 saturated carbocycles. The van der Waals surface area contributed by atoms with Crippen molar-refractivity contribution in [2.45, 2.75) is 32.2 Å². The van der Waals surface area contributed by atoms with E-state index in [-0.39, 0.29) is 0 Å². The Balaban J connectivity index is 0.000000361. The molecule has 0 bridgehead atoms. The van der Waals surface area contributed by atoms with Crippen LogP contribution < -0.4 is 5.32 Å². The summed E-state index contributed by atoms with van der Waals surface area (Å²) in [7, 11) is 2.02. The van der Waals surface area contributed by atoms with E-state index in [2.05, 4.69) is 16.4 Å². The van der Waals surface area contributed by atoms with Crippen LogP contribution in [0.25, 0.3) is 10.9 Å². The Morgan fingerprint density at radius 1 is 1.52 bits per heavy atom. The molecule has 1 aliphatic carbocycles. The van der Waals surface area contributed by atoms with E-state index in [1.165, 1.54) is 23.1 Å². The second-order valence-corrected chi connectivity index (χ2v) is 5.20. The Kier molecular flexibility index (Phi) is 4.61. The van der Waals surface area contributed by atoms with Crippen molar-refractivity contribution in [3.63, 3.8) is 0 Å². The van der Waals surface area contributed by atoms with Gasteiger partial charge in [0.2, 0.25) is 0 Å². The first kappa shape index (κ1) is 15.1. The summed E-state index contributed by atoms with van der Waals surface area (Å²) < 4.78 is 0. The minimum absolute atomic E-state index is 0.562. The first-order valence-electron chi connectivity index (χ1n) is 6.95. The molecular weight excluding hydrogens is 266 g/mol. The fraction of sp³-hybridized carbons (Fsp3) is 0.375. The lowest BCUT2D eigenvalue weighted by Gasteiger charge is -2.21. The normalized spacial score (nSPS) is 16.5. The van der Waals surface area contributed by atoms with Gasteiger partial charge < -0.3 is 15.4 Å². The van der Waals surface area contributed by atoms with E-state index < -0.39 is 5.97 Å². The van der Waals surface area contributed by atoms with Gasteiger partial charge in [0.1, 0.15) is 0 Å². The average Bonchev–Trinajstić information content (AvgIpc) is 2.83. The third-order valence-corrected chi connectivity index (χ3v) is 3.73. The first-order valence-corrected chi connectivity index (χ1v) is 6.95. The molecule has 3 rings (SSSR count). The predicted molar refractivity (Wildman–Crippen MR) is 81.2 cm³/mol. The Labute approximate surface area is 123 Å². The summed E-state index contributed by atoms with van der Waals surface area (Å²) in [6, 6.07) is 8.67. The van der Waals surface area contributed by atoms with Crippen LogP contribution in [0.15, 0.2) is 18.2 Å². The average molecular weight is 285 g/mol. The van der Waals surface area contributed by atoms with Gasteiger partial charge in [-0.05, 0) is 50.1 Å². The molecule has 0 radical (unpaired) electrons. The molecule has 1 atom stereocenters. The summed E-state index contributed by atoms with van der Waals surface area (Å²) in [5.74, 6) is -0.833. The summed E-state index contributed by atoms with van der Waals surface area (Å²) in [6.45, 7) is 1.08. The predicted octanol–water partition coefficient (Wildman–Crippen LogP) is 2.21. The van der Waals surface area contributed by atoms with E-state index in [9.17, 15) is 0 Å². The number of carboxylic acid groups (broad SMARTS) is 1. The highest BCUT2D eigenvalue weighted by Gasteiger charge is 2.21. The van der Waals surface area contributed by atoms with Gasteiger partial charge in [-0.3, -0.25) is 4.79 Å². The van der Waals surface area contributed by atoms with Gasteiger partial charge in [-0.2, -0.15) is 5.26 Å². The highest BCUT2D eigenvalue weighted by atomic mass is 16.4. The zero-order valence-electron chi connectivity index (χ0n) is 12.2. The molecule has 1 heterocycles. The van der Waals surface area contributed by atoms with Crippen molar-refractivity contribution >= 4 is 16.9 Å². The van der Waals surface area contributed by atoms with Crippen LogP contribution in [0, 0.1) is 11.3 Å². The smallest absolute Gasteiger partial charge is 0.300 e. The van der Waals surface area contributed by atoms with Gasteiger partial charge in [0.05, 0.1) is 11.6 Å². The van der Waals surface area contributed by atoms with Crippen LogP contribution in [-0.2, 0) is 17.6 Å². The second-order valence-electron chi connectivity index (χ2n) is 5.20. The number of carbonyl (C=O) groups is 1. The molecule has 21 heavy (non-hydrogen) atoms. The van der Waals surface area contributed by atoms with Gasteiger partial charge in [0, 0.05) is 29.6 Å². The van der Waals surface area contributed by atoms with Gasteiger partial charge in [0.15, 0.2) is 0 Å². The fourth-order valence-corrected chi connectivity index (χ4v) is 2.73. The molecule has 0 aliphatic heterocycles. The van der Waals surface area contributed by atoms with Gasteiger partial charge in [-0.1, -0.05) is 0 Å². The number of carboxylic acids is 1. The van der Waals surface area contributed by atoms with Crippen LogP contribution in [0.2, 0.25) is 0 Å². The van der Waals surface area contributed by atoms with Crippen LogP contribution >= 0.6 is 0 Å². The number of fused-ring (bicyclic) bond motifs is 3. The number of benzene rings is 1. The highest BCUT2D eigenvalue weighted by molar-refractivity contribution is 5.86. The van der Waals surface area contributed by atoms with E-state index in [0.717, 1.165) is 30.8 Å². The van der Waals surface area contributed by atoms with Crippen molar-refractivity contribution in [1.29, 1.82) is 5.26 Å². The molecule has 0 amide bonds. The standard InChI is InChI=1S/C14H15N3.C2H4O2/c1-16-10-3-5-14-12(7-10)11-6-9(8-15)2-4-13(11)17-14;1-2(3)4/h2,4,6,10,16-17H,3,5,7H2,1H3;1H3,(H,3,4)/t10-;/m0./s1. The number of aromatic amines is 1. The summed E-state index contributed by atoms with van der Waals surface area (Å²) in [5, 5.41) is 21.0. The van der Waals surface area contributed by atoms with Crippen molar-refractivity contribution in [2.75, 3.05) is 7.05 Å². The maximum atomic E-state index is 9.00. The molecule has 2 aromatic rings. The number of likely N-dealkylation sites (N-methyl/N-ethyl adjacent to an activating group) is 1. The van der Waals surface area contributed by atoms with Crippen molar-refractivity contribution in [3.05, 3.63) is 35.0 Å². The lowest BCUT2D eigenvalue weighted by Crippen LogP contribution is -2.31. The topological polar surface area (TPSA) is 88.9 Å². The van der Waals surface area contributed by atoms with E-state index in [0.29, 0.717) is 6.04 Å². The van der Waals surface area contributed by atoms with Gasteiger partial charge in [-0.15, -0.1) is 0 Å². The van der Waals surface area contributed by atoms with Crippen molar-refractivity contribution in [3.8, 4) is 6.07 Å². The quantitative estimate of drug-likeness (QED) is 0.749. The van der Waals surface area contributed by atoms with Gasteiger partial charge >= 0.3 is 0 Å². The van der Waals surface area contributed by atoms with Crippen LogP contribution in [0.1, 0.15) is 30.2 Å². The fourth-order valence-electron chi connectivity index (χ4n) is 2.73. The SMILES string of the molecule is CC(=O)O.CN[C@H]1CCc2[nH]c3ccc(C#N)cc3c2C1. The molecule has 0 spiro atoms. The molecule has 110 valence electrons. The number of nitrogens with zero attached hydrogens (tertiary/aromatic N) is 1. The van der Waals surface area contributed by atoms with Crippen molar-refractivity contribution in [2.24, 2.45) is 0 Å². The molecular formula is C16H19N3O2. The molecule has 0 fully saturated rings. The Bertz CT molecular complexity index is 693. The molecule has 0 saturated heterocycles. The number of nitriles is 1. The summed E-state index contributed by atoms with van der Waals surface area (Å²) in [4.78, 5) is 12.5. The molecule has 1 aliphatic rings. The van der Waals surface area contributed by atoms with E-state index in [1.54, 1.807) is 0 Å². The molecule has 5 heteroatoms. The highest BCUT2D eigenvalue weighted by Crippen LogP contribution is 2.29. The monoisotopic (exact) mass is 285 g/mol. The Hall–Kier alpha value is -2.32. The molecule has 3 N–H and O–H groups in total. The minimum atomic E-state index is -0.833. The third-order valence-electron chi connectivity index (χ3n) is 3.73. The Morgan fingerprint density at radius 3 is 2.86 bits per heavy atom. The van der Waals surface area contributed by atoms with Crippen LogP contribution in [0.5, 0.6) is 0 Å². The second kappa shape index (κ2) is 6.42. The largest absolute Gasteiger partial charge is 0.481 e. The van der Waals surface area contributed by atoms with Crippen LogP contribution in [-0.4, -0.2) is 29.1 Å². The van der Waals surface area contributed by atoms with Crippen molar-refractivity contribution < 1.29 is 9.90 Å². The zero-order chi connectivity index (χ0) is 15.4. The van der Waals surface area contributed by atoms with Crippen LogP contribution in [0.4, 0.5) is 0 Å². The van der Waals surface area contributed by atoms with Gasteiger partial charge in [-0.25, -0.2) is 0 Å². The zero-order valence-corrected chi connectivity index (χ0v) is 12.2. The lowest BCUT2D eigenvalue weighted by molar-refractivity contribution is -0.134. The number of rotatable bonds is 1. The molecule has 1 aromatic carbocycles. The first-order chi connectivity index (χ1) is 10.0. The third kappa shape index (κ3) is 3.41. The summed E-state index contributed by atoms with van der Waals surface area (Å²) in [6.07, 6.45) is 3.33. The summed E-state index contributed by atoms with van der Waals surface area (Å²) >= 11 is 0. The molecule has 5 nitrogen and oxygen atoms in total.